The van der Waals surface area contributed by atoms with E-state index in [9.17, 15) is 15.0 Å². The minimum atomic E-state index is -1.20. The van der Waals surface area contributed by atoms with E-state index in [1.807, 2.05) is 42.5 Å². The SMILES string of the molecule is O=C(c1cccc(-c2nnc(-c3ccccc3)s2)c1)N1CC[C@@](O)(CO)C1. The van der Waals surface area contributed by atoms with Gasteiger partial charge in [0.2, 0.25) is 0 Å². The lowest BCUT2D eigenvalue weighted by molar-refractivity contribution is -0.00455. The number of carbonyl (C=O) groups is 1. The van der Waals surface area contributed by atoms with Gasteiger partial charge in [0.25, 0.3) is 5.91 Å². The summed E-state index contributed by atoms with van der Waals surface area (Å²) in [6, 6.07) is 17.1. The van der Waals surface area contributed by atoms with Crippen molar-refractivity contribution in [3.63, 3.8) is 0 Å². The molecule has 138 valence electrons. The van der Waals surface area contributed by atoms with E-state index in [2.05, 4.69) is 10.2 Å². The normalized spacial score (nSPS) is 19.4. The number of hydrogen-bond acceptors (Lipinski definition) is 6. The third-order valence-electron chi connectivity index (χ3n) is 4.72. The zero-order valence-electron chi connectivity index (χ0n) is 14.6. The van der Waals surface area contributed by atoms with Crippen molar-refractivity contribution in [1.82, 2.24) is 15.1 Å². The van der Waals surface area contributed by atoms with Gasteiger partial charge in [-0.3, -0.25) is 4.79 Å². The lowest BCUT2D eigenvalue weighted by atomic mass is 10.1. The highest BCUT2D eigenvalue weighted by Gasteiger charge is 2.37. The second kappa shape index (κ2) is 7.19. The van der Waals surface area contributed by atoms with Crippen LogP contribution < -0.4 is 0 Å². The third kappa shape index (κ3) is 3.62. The average Bonchev–Trinajstić information content (AvgIpc) is 3.36. The van der Waals surface area contributed by atoms with Crippen molar-refractivity contribution in [2.24, 2.45) is 0 Å². The Morgan fingerprint density at radius 3 is 2.48 bits per heavy atom. The summed E-state index contributed by atoms with van der Waals surface area (Å²) in [5.74, 6) is -0.158. The van der Waals surface area contributed by atoms with Gasteiger partial charge in [0, 0.05) is 23.2 Å². The summed E-state index contributed by atoms with van der Waals surface area (Å²) in [7, 11) is 0. The molecule has 2 N–H and O–H groups in total. The molecule has 0 radical (unpaired) electrons. The maximum Gasteiger partial charge on any atom is 0.253 e. The summed E-state index contributed by atoms with van der Waals surface area (Å²) in [5, 5.41) is 29.5. The molecule has 7 heteroatoms. The molecule has 2 aromatic carbocycles. The number of rotatable bonds is 4. The van der Waals surface area contributed by atoms with Crippen LogP contribution in [-0.2, 0) is 0 Å². The van der Waals surface area contributed by atoms with Crippen LogP contribution in [0.25, 0.3) is 21.1 Å². The monoisotopic (exact) mass is 381 g/mol. The standard InChI is InChI=1S/C20H19N3O3S/c24-13-20(26)9-10-23(12-20)19(25)16-8-4-7-15(11-16)18-22-21-17(27-18)14-5-2-1-3-6-14/h1-8,11,24,26H,9-10,12-13H2/t20-/m0/s1. The molecule has 1 aliphatic rings. The van der Waals surface area contributed by atoms with E-state index in [-0.39, 0.29) is 19.1 Å². The highest BCUT2D eigenvalue weighted by atomic mass is 32.1. The van der Waals surface area contributed by atoms with Gasteiger partial charge in [-0.15, -0.1) is 10.2 Å². The molecule has 1 aliphatic heterocycles. The number of β-amino-alcohol motifs (C(OH)–C–C–N with tert-alkyl or cyclic N) is 1. The minimum absolute atomic E-state index is 0.142. The van der Waals surface area contributed by atoms with E-state index in [4.69, 9.17) is 0 Å². The van der Waals surface area contributed by atoms with Crippen LogP contribution in [-0.4, -0.2) is 56.5 Å². The Morgan fingerprint density at radius 1 is 1.07 bits per heavy atom. The van der Waals surface area contributed by atoms with Crippen LogP contribution in [0, 0.1) is 0 Å². The molecule has 1 amide bonds. The molecule has 0 aliphatic carbocycles. The summed E-state index contributed by atoms with van der Waals surface area (Å²) in [5.41, 5.74) is 1.18. The quantitative estimate of drug-likeness (QED) is 0.725. The molecule has 2 heterocycles. The molecule has 3 aromatic rings. The minimum Gasteiger partial charge on any atom is -0.393 e. The van der Waals surface area contributed by atoms with Crippen molar-refractivity contribution < 1.29 is 15.0 Å². The van der Waals surface area contributed by atoms with E-state index >= 15 is 0 Å². The number of nitrogens with zero attached hydrogens (tertiary/aromatic N) is 3. The molecule has 0 spiro atoms. The predicted molar refractivity (Wildman–Crippen MR) is 103 cm³/mol. The number of benzene rings is 2. The number of aliphatic hydroxyl groups is 2. The molecule has 1 saturated heterocycles. The number of likely N-dealkylation sites (tertiary alicyclic amines) is 1. The van der Waals surface area contributed by atoms with Gasteiger partial charge < -0.3 is 15.1 Å². The fraction of sp³-hybridized carbons (Fsp3) is 0.250. The lowest BCUT2D eigenvalue weighted by Crippen LogP contribution is -2.38. The summed E-state index contributed by atoms with van der Waals surface area (Å²) in [4.78, 5) is 14.3. The van der Waals surface area contributed by atoms with Crippen molar-refractivity contribution in [3.8, 4) is 21.1 Å². The third-order valence-corrected chi connectivity index (χ3v) is 5.74. The molecule has 1 atom stereocenters. The van der Waals surface area contributed by atoms with Gasteiger partial charge >= 0.3 is 0 Å². The topological polar surface area (TPSA) is 86.6 Å². The summed E-state index contributed by atoms with van der Waals surface area (Å²) < 4.78 is 0. The molecule has 0 saturated carbocycles. The Balaban J connectivity index is 1.57. The Morgan fingerprint density at radius 2 is 1.78 bits per heavy atom. The number of aromatic nitrogens is 2. The Kier molecular flexibility index (Phi) is 4.73. The van der Waals surface area contributed by atoms with Crippen molar-refractivity contribution >= 4 is 17.2 Å². The largest absolute Gasteiger partial charge is 0.393 e. The molecule has 0 unspecified atom stereocenters. The van der Waals surface area contributed by atoms with Gasteiger partial charge in [0.15, 0.2) is 0 Å². The number of carbonyl (C=O) groups excluding carboxylic acids is 1. The van der Waals surface area contributed by atoms with Gasteiger partial charge in [-0.25, -0.2) is 0 Å². The van der Waals surface area contributed by atoms with Crippen LogP contribution in [0.1, 0.15) is 16.8 Å². The Bertz CT molecular complexity index is 960. The number of aliphatic hydroxyl groups excluding tert-OH is 1. The highest BCUT2D eigenvalue weighted by Crippen LogP contribution is 2.30. The van der Waals surface area contributed by atoms with E-state index < -0.39 is 5.60 Å². The number of amides is 1. The summed E-state index contributed by atoms with van der Waals surface area (Å²) >= 11 is 1.47. The second-order valence-corrected chi connectivity index (χ2v) is 7.70. The molecular formula is C20H19N3O3S. The van der Waals surface area contributed by atoms with Crippen LogP contribution in [0.15, 0.2) is 54.6 Å². The van der Waals surface area contributed by atoms with Crippen LogP contribution in [0.3, 0.4) is 0 Å². The van der Waals surface area contributed by atoms with E-state index in [0.717, 1.165) is 21.1 Å². The van der Waals surface area contributed by atoms with Crippen molar-refractivity contribution in [2.75, 3.05) is 19.7 Å². The average molecular weight is 381 g/mol. The van der Waals surface area contributed by atoms with Crippen LogP contribution in [0.2, 0.25) is 0 Å². The predicted octanol–water partition coefficient (Wildman–Crippen LogP) is 2.44. The van der Waals surface area contributed by atoms with Crippen LogP contribution >= 0.6 is 11.3 Å². The van der Waals surface area contributed by atoms with Crippen LogP contribution in [0.5, 0.6) is 0 Å². The summed E-state index contributed by atoms with van der Waals surface area (Å²) in [6.07, 6.45) is 0.381. The fourth-order valence-corrected chi connectivity index (χ4v) is 4.01. The van der Waals surface area contributed by atoms with Crippen molar-refractivity contribution in [1.29, 1.82) is 0 Å². The second-order valence-electron chi connectivity index (χ2n) is 6.72. The van der Waals surface area contributed by atoms with Crippen molar-refractivity contribution in [3.05, 3.63) is 60.2 Å². The lowest BCUT2D eigenvalue weighted by Gasteiger charge is -2.21. The first-order valence-corrected chi connectivity index (χ1v) is 9.51. The molecule has 4 rings (SSSR count). The molecular weight excluding hydrogens is 362 g/mol. The van der Waals surface area contributed by atoms with Crippen molar-refractivity contribution in [2.45, 2.75) is 12.0 Å². The smallest absolute Gasteiger partial charge is 0.253 e. The highest BCUT2D eigenvalue weighted by molar-refractivity contribution is 7.17. The molecule has 1 aromatic heterocycles. The molecule has 0 bridgehead atoms. The van der Waals surface area contributed by atoms with Gasteiger partial charge in [-0.1, -0.05) is 53.8 Å². The van der Waals surface area contributed by atoms with E-state index in [0.29, 0.717) is 18.5 Å². The molecule has 1 fully saturated rings. The van der Waals surface area contributed by atoms with Gasteiger partial charge in [0.05, 0.1) is 13.2 Å². The first-order chi connectivity index (χ1) is 13.1. The van der Waals surface area contributed by atoms with E-state index in [1.165, 1.54) is 11.3 Å². The van der Waals surface area contributed by atoms with Gasteiger partial charge in [-0.05, 0) is 18.6 Å². The van der Waals surface area contributed by atoms with Gasteiger partial charge in [0.1, 0.15) is 15.6 Å². The first kappa shape index (κ1) is 17.8. The molecule has 27 heavy (non-hydrogen) atoms. The fourth-order valence-electron chi connectivity index (χ4n) is 3.16. The maximum atomic E-state index is 12.8. The summed E-state index contributed by atoms with van der Waals surface area (Å²) in [6.45, 7) is 0.227. The first-order valence-electron chi connectivity index (χ1n) is 8.70. The van der Waals surface area contributed by atoms with E-state index in [1.54, 1.807) is 17.0 Å². The number of hydrogen-bond donors (Lipinski definition) is 2. The zero-order chi connectivity index (χ0) is 18.9. The molecule has 6 nitrogen and oxygen atoms in total. The maximum absolute atomic E-state index is 12.8. The Hall–Kier alpha value is -2.61. The van der Waals surface area contributed by atoms with Gasteiger partial charge in [-0.2, -0.15) is 0 Å². The zero-order valence-corrected chi connectivity index (χ0v) is 15.4. The Labute approximate surface area is 160 Å². The van der Waals surface area contributed by atoms with Crippen LogP contribution in [0.4, 0.5) is 0 Å².